The van der Waals surface area contributed by atoms with E-state index < -0.39 is 11.4 Å². The number of carboxylic acids is 1. The van der Waals surface area contributed by atoms with Gasteiger partial charge in [-0.15, -0.1) is 0 Å². The Balaban J connectivity index is 2.24. The van der Waals surface area contributed by atoms with Crippen LogP contribution >= 0.6 is 15.9 Å². The van der Waals surface area contributed by atoms with Gasteiger partial charge in [0, 0.05) is 28.8 Å². The summed E-state index contributed by atoms with van der Waals surface area (Å²) in [5, 5.41) is 9.53. The van der Waals surface area contributed by atoms with E-state index in [0.717, 1.165) is 4.47 Å². The highest BCUT2D eigenvalue weighted by molar-refractivity contribution is 9.10. The number of benzene rings is 1. The SMILES string of the molecule is CC(C)C1(C(=O)O)CCN(C(=O)c2cc(N)cc(Br)c2)C1. The highest BCUT2D eigenvalue weighted by Gasteiger charge is 2.48. The molecule has 114 valence electrons. The summed E-state index contributed by atoms with van der Waals surface area (Å²) in [6, 6.07) is 5.04. The highest BCUT2D eigenvalue weighted by Crippen LogP contribution is 2.38. The molecule has 1 saturated heterocycles. The maximum absolute atomic E-state index is 12.5. The first-order chi connectivity index (χ1) is 9.76. The number of carbonyl (C=O) groups is 2. The van der Waals surface area contributed by atoms with E-state index >= 15 is 0 Å². The summed E-state index contributed by atoms with van der Waals surface area (Å²) in [6.45, 7) is 4.47. The van der Waals surface area contributed by atoms with Crippen LogP contribution in [-0.4, -0.2) is 35.0 Å². The summed E-state index contributed by atoms with van der Waals surface area (Å²) < 4.78 is 0.735. The molecule has 5 nitrogen and oxygen atoms in total. The van der Waals surface area contributed by atoms with Crippen molar-refractivity contribution in [3.63, 3.8) is 0 Å². The first kappa shape index (κ1) is 15.8. The third-order valence-electron chi connectivity index (χ3n) is 4.29. The minimum absolute atomic E-state index is 0.0274. The summed E-state index contributed by atoms with van der Waals surface area (Å²) in [7, 11) is 0. The van der Waals surface area contributed by atoms with Crippen molar-refractivity contribution in [3.8, 4) is 0 Å². The number of hydrogen-bond acceptors (Lipinski definition) is 3. The van der Waals surface area contributed by atoms with E-state index in [0.29, 0.717) is 24.2 Å². The molecule has 1 amide bonds. The van der Waals surface area contributed by atoms with Gasteiger partial charge < -0.3 is 15.7 Å². The molecule has 1 fully saturated rings. The van der Waals surface area contributed by atoms with Crippen LogP contribution in [0.25, 0.3) is 0 Å². The average molecular weight is 355 g/mol. The number of halogens is 1. The third kappa shape index (κ3) is 2.90. The molecule has 6 heteroatoms. The maximum Gasteiger partial charge on any atom is 0.311 e. The van der Waals surface area contributed by atoms with E-state index in [-0.39, 0.29) is 18.4 Å². The van der Waals surface area contributed by atoms with Gasteiger partial charge in [-0.2, -0.15) is 0 Å². The molecule has 1 aromatic rings. The molecule has 1 atom stereocenters. The summed E-state index contributed by atoms with van der Waals surface area (Å²) in [6.07, 6.45) is 0.481. The second kappa shape index (κ2) is 5.67. The van der Waals surface area contributed by atoms with Gasteiger partial charge in [0.25, 0.3) is 5.91 Å². The van der Waals surface area contributed by atoms with Crippen molar-refractivity contribution >= 4 is 33.5 Å². The minimum Gasteiger partial charge on any atom is -0.481 e. The topological polar surface area (TPSA) is 83.6 Å². The number of anilines is 1. The predicted octanol–water partition coefficient (Wildman–Crippen LogP) is 2.60. The number of nitrogen functional groups attached to an aromatic ring is 1. The Morgan fingerprint density at radius 1 is 1.38 bits per heavy atom. The first-order valence-corrected chi connectivity index (χ1v) is 7.64. The Morgan fingerprint density at radius 3 is 2.52 bits per heavy atom. The van der Waals surface area contributed by atoms with Gasteiger partial charge in [0.1, 0.15) is 0 Å². The molecule has 1 aromatic carbocycles. The summed E-state index contributed by atoms with van der Waals surface area (Å²) in [4.78, 5) is 25.8. The fourth-order valence-corrected chi connectivity index (χ4v) is 3.33. The molecule has 21 heavy (non-hydrogen) atoms. The van der Waals surface area contributed by atoms with Crippen LogP contribution < -0.4 is 5.73 Å². The standard InChI is InChI=1S/C15H19BrN2O3/c1-9(2)15(14(20)21)3-4-18(8-15)13(19)10-5-11(16)7-12(17)6-10/h5-7,9H,3-4,8,17H2,1-2H3,(H,20,21). The molecule has 1 unspecified atom stereocenters. The highest BCUT2D eigenvalue weighted by atomic mass is 79.9. The number of likely N-dealkylation sites (tertiary alicyclic amines) is 1. The smallest absolute Gasteiger partial charge is 0.311 e. The van der Waals surface area contributed by atoms with Crippen LogP contribution in [0, 0.1) is 11.3 Å². The Morgan fingerprint density at radius 2 is 2.05 bits per heavy atom. The Kier molecular flexibility index (Phi) is 4.27. The second-order valence-electron chi connectivity index (χ2n) is 5.87. The van der Waals surface area contributed by atoms with Gasteiger partial charge in [-0.05, 0) is 30.5 Å². The number of aliphatic carboxylic acids is 1. The lowest BCUT2D eigenvalue weighted by molar-refractivity contribution is -0.150. The number of nitrogens with zero attached hydrogens (tertiary/aromatic N) is 1. The fraction of sp³-hybridized carbons (Fsp3) is 0.467. The first-order valence-electron chi connectivity index (χ1n) is 6.85. The summed E-state index contributed by atoms with van der Waals surface area (Å²) in [5.74, 6) is -1.03. The van der Waals surface area contributed by atoms with E-state index in [1.165, 1.54) is 0 Å². The van der Waals surface area contributed by atoms with Crippen LogP contribution in [0.5, 0.6) is 0 Å². The van der Waals surface area contributed by atoms with Crippen molar-refractivity contribution in [2.75, 3.05) is 18.8 Å². The molecule has 2 rings (SSSR count). The quantitative estimate of drug-likeness (QED) is 0.817. The van der Waals surface area contributed by atoms with E-state index in [4.69, 9.17) is 5.73 Å². The van der Waals surface area contributed by atoms with E-state index in [2.05, 4.69) is 15.9 Å². The second-order valence-corrected chi connectivity index (χ2v) is 6.78. The Labute approximate surface area is 132 Å². The van der Waals surface area contributed by atoms with Gasteiger partial charge in [0.05, 0.1) is 5.41 Å². The number of nitrogens with two attached hydrogens (primary N) is 1. The zero-order valence-electron chi connectivity index (χ0n) is 12.1. The van der Waals surface area contributed by atoms with Gasteiger partial charge in [-0.25, -0.2) is 0 Å². The molecule has 1 aliphatic heterocycles. The number of carbonyl (C=O) groups excluding carboxylic acids is 1. The summed E-state index contributed by atoms with van der Waals surface area (Å²) >= 11 is 3.31. The molecule has 0 aliphatic carbocycles. The van der Waals surface area contributed by atoms with Crippen LogP contribution in [0.3, 0.4) is 0 Å². The summed E-state index contributed by atoms with van der Waals surface area (Å²) in [5.41, 5.74) is 5.88. The van der Waals surface area contributed by atoms with Gasteiger partial charge in [0.2, 0.25) is 0 Å². The van der Waals surface area contributed by atoms with Crippen LogP contribution in [0.1, 0.15) is 30.6 Å². The van der Waals surface area contributed by atoms with Gasteiger partial charge in [0.15, 0.2) is 0 Å². The molecular formula is C15H19BrN2O3. The molecule has 3 N–H and O–H groups in total. The number of hydrogen-bond donors (Lipinski definition) is 2. The van der Waals surface area contributed by atoms with Crippen LogP contribution in [-0.2, 0) is 4.79 Å². The molecule has 0 aromatic heterocycles. The largest absolute Gasteiger partial charge is 0.481 e. The molecule has 0 spiro atoms. The van der Waals surface area contributed by atoms with Crippen LogP contribution in [0.2, 0.25) is 0 Å². The molecule has 1 aliphatic rings. The Hall–Kier alpha value is -1.56. The lowest BCUT2D eigenvalue weighted by Crippen LogP contribution is -2.40. The monoisotopic (exact) mass is 354 g/mol. The lowest BCUT2D eigenvalue weighted by atomic mass is 9.76. The number of amides is 1. The van der Waals surface area contributed by atoms with Crippen molar-refractivity contribution in [3.05, 3.63) is 28.2 Å². The van der Waals surface area contributed by atoms with Gasteiger partial charge in [-0.3, -0.25) is 9.59 Å². The number of carboxylic acid groups (broad SMARTS) is 1. The fourth-order valence-electron chi connectivity index (χ4n) is 2.82. The lowest BCUT2D eigenvalue weighted by Gasteiger charge is -2.28. The molecule has 1 heterocycles. The Bertz CT molecular complexity index is 568. The van der Waals surface area contributed by atoms with E-state index in [1.54, 1.807) is 23.1 Å². The van der Waals surface area contributed by atoms with Crippen molar-refractivity contribution in [2.45, 2.75) is 20.3 Å². The predicted molar refractivity (Wildman–Crippen MR) is 84.0 cm³/mol. The molecular weight excluding hydrogens is 336 g/mol. The van der Waals surface area contributed by atoms with Crippen molar-refractivity contribution < 1.29 is 14.7 Å². The third-order valence-corrected chi connectivity index (χ3v) is 4.74. The number of rotatable bonds is 3. The van der Waals surface area contributed by atoms with E-state index in [9.17, 15) is 14.7 Å². The van der Waals surface area contributed by atoms with Gasteiger partial charge in [-0.1, -0.05) is 29.8 Å². The van der Waals surface area contributed by atoms with E-state index in [1.807, 2.05) is 13.8 Å². The average Bonchev–Trinajstić information content (AvgIpc) is 2.83. The molecule has 0 bridgehead atoms. The molecule has 0 saturated carbocycles. The minimum atomic E-state index is -0.854. The molecule has 0 radical (unpaired) electrons. The van der Waals surface area contributed by atoms with Crippen LogP contribution in [0.15, 0.2) is 22.7 Å². The van der Waals surface area contributed by atoms with Crippen LogP contribution in [0.4, 0.5) is 5.69 Å². The van der Waals surface area contributed by atoms with Gasteiger partial charge >= 0.3 is 5.97 Å². The normalized spacial score (nSPS) is 21.8. The zero-order chi connectivity index (χ0) is 15.8. The van der Waals surface area contributed by atoms with Crippen molar-refractivity contribution in [2.24, 2.45) is 11.3 Å². The maximum atomic E-state index is 12.5. The van der Waals surface area contributed by atoms with Crippen molar-refractivity contribution in [1.82, 2.24) is 4.90 Å². The van der Waals surface area contributed by atoms with Crippen molar-refractivity contribution in [1.29, 1.82) is 0 Å². The zero-order valence-corrected chi connectivity index (χ0v) is 13.7.